The lowest BCUT2D eigenvalue weighted by Crippen LogP contribution is -2.18. The molecule has 1 heterocycles. The first-order chi connectivity index (χ1) is 7.29. The first-order valence-corrected chi connectivity index (χ1v) is 6.32. The van der Waals surface area contributed by atoms with Crippen LogP contribution in [0, 0.1) is 0 Å². The van der Waals surface area contributed by atoms with Crippen LogP contribution in [0.2, 0.25) is 0 Å². The highest BCUT2D eigenvalue weighted by molar-refractivity contribution is 7.99. The lowest BCUT2D eigenvalue weighted by atomic mass is 10.1. The summed E-state index contributed by atoms with van der Waals surface area (Å²) in [4.78, 5) is 3.34. The minimum absolute atomic E-state index is 0.117. The van der Waals surface area contributed by atoms with Crippen LogP contribution in [-0.4, -0.2) is 29.5 Å². The largest absolute Gasteiger partial charge is 0.381 e. The zero-order valence-corrected chi connectivity index (χ0v) is 9.89. The second-order valence-electron chi connectivity index (χ2n) is 4.05. The molecule has 0 atom stereocenters. The molecule has 0 amide bonds. The molecule has 0 unspecified atom stereocenters. The normalized spacial score (nSPS) is 15.4. The third kappa shape index (κ3) is 2.74. The van der Waals surface area contributed by atoms with Gasteiger partial charge >= 0.3 is 0 Å². The van der Waals surface area contributed by atoms with Gasteiger partial charge in [0, 0.05) is 11.4 Å². The van der Waals surface area contributed by atoms with Gasteiger partial charge in [0.1, 0.15) is 0 Å². The summed E-state index contributed by atoms with van der Waals surface area (Å²) >= 11 is 1.96. The van der Waals surface area contributed by atoms with Crippen LogP contribution >= 0.6 is 11.8 Å². The third-order valence-corrected chi connectivity index (χ3v) is 3.87. The number of aliphatic hydroxyl groups is 1. The van der Waals surface area contributed by atoms with Crippen LogP contribution in [0.5, 0.6) is 0 Å². The molecule has 1 N–H and O–H groups in total. The highest BCUT2D eigenvalue weighted by atomic mass is 32.2. The smallest absolute Gasteiger partial charge is 0.0956 e. The monoisotopic (exact) mass is 223 g/mol. The summed E-state index contributed by atoms with van der Waals surface area (Å²) in [7, 11) is 1.92. The Bertz CT molecular complexity index is 340. The van der Waals surface area contributed by atoms with Crippen molar-refractivity contribution in [2.75, 3.05) is 19.5 Å². The highest BCUT2D eigenvalue weighted by Crippen LogP contribution is 2.30. The molecule has 0 fully saturated rings. The summed E-state index contributed by atoms with van der Waals surface area (Å²) in [5.41, 5.74) is 2.78. The molecule has 0 radical (unpaired) electrons. The van der Waals surface area contributed by atoms with Gasteiger partial charge in [0.2, 0.25) is 0 Å². The first-order valence-electron chi connectivity index (χ1n) is 5.33. The molecule has 0 saturated carbocycles. The van der Waals surface area contributed by atoms with E-state index in [1.54, 1.807) is 0 Å². The summed E-state index contributed by atoms with van der Waals surface area (Å²) < 4.78 is 0. The molecule has 82 valence electrons. The van der Waals surface area contributed by atoms with Gasteiger partial charge in [0.15, 0.2) is 0 Å². The van der Waals surface area contributed by atoms with Crippen molar-refractivity contribution in [1.82, 2.24) is 4.90 Å². The fraction of sp³-hybridized carbons (Fsp3) is 0.500. The van der Waals surface area contributed by atoms with E-state index in [0.717, 1.165) is 6.54 Å². The van der Waals surface area contributed by atoms with Crippen molar-refractivity contribution in [2.45, 2.75) is 24.3 Å². The van der Waals surface area contributed by atoms with Crippen LogP contribution in [0.25, 0.3) is 0 Å². The maximum atomic E-state index is 8.96. The zero-order chi connectivity index (χ0) is 10.7. The average Bonchev–Trinajstić information content (AvgIpc) is 2.29. The van der Waals surface area contributed by atoms with Gasteiger partial charge in [-0.25, -0.2) is 0 Å². The molecule has 2 nitrogen and oxygen atoms in total. The van der Waals surface area contributed by atoms with Crippen molar-refractivity contribution in [3.05, 3.63) is 29.3 Å². The molecule has 2 rings (SSSR count). The number of rotatable bonds is 3. The third-order valence-electron chi connectivity index (χ3n) is 2.67. The molecular weight excluding hydrogens is 206 g/mol. The molecule has 0 aromatic heterocycles. The Balaban J connectivity index is 2.13. The summed E-state index contributed by atoms with van der Waals surface area (Å²) in [6, 6.07) is 6.68. The molecule has 0 aliphatic carbocycles. The number of thioether (sulfide) groups is 1. The molecular formula is C12H17NOS. The van der Waals surface area contributed by atoms with Gasteiger partial charge in [-0.3, -0.25) is 4.90 Å². The van der Waals surface area contributed by atoms with E-state index in [-0.39, 0.29) is 6.73 Å². The van der Waals surface area contributed by atoms with Gasteiger partial charge in [0.25, 0.3) is 0 Å². The van der Waals surface area contributed by atoms with Crippen molar-refractivity contribution in [3.8, 4) is 0 Å². The van der Waals surface area contributed by atoms with Gasteiger partial charge in [-0.05, 0) is 42.8 Å². The van der Waals surface area contributed by atoms with Crippen molar-refractivity contribution in [1.29, 1.82) is 0 Å². The SMILES string of the molecule is CN(CO)Cc1ccc2c(c1)CCCS2. The number of benzene rings is 1. The van der Waals surface area contributed by atoms with Crippen LogP contribution in [0.4, 0.5) is 0 Å². The Morgan fingerprint density at radius 1 is 1.47 bits per heavy atom. The number of fused-ring (bicyclic) bond motifs is 1. The van der Waals surface area contributed by atoms with Crippen molar-refractivity contribution in [2.24, 2.45) is 0 Å². The van der Waals surface area contributed by atoms with E-state index in [2.05, 4.69) is 18.2 Å². The number of hydrogen-bond acceptors (Lipinski definition) is 3. The zero-order valence-electron chi connectivity index (χ0n) is 9.07. The van der Waals surface area contributed by atoms with E-state index >= 15 is 0 Å². The van der Waals surface area contributed by atoms with Crippen LogP contribution in [0.15, 0.2) is 23.1 Å². The van der Waals surface area contributed by atoms with Crippen LogP contribution in [0.1, 0.15) is 17.5 Å². The molecule has 1 aliphatic heterocycles. The Morgan fingerprint density at radius 2 is 2.33 bits per heavy atom. The van der Waals surface area contributed by atoms with Gasteiger partial charge in [-0.2, -0.15) is 0 Å². The Labute approximate surface area is 95.3 Å². The molecule has 0 bridgehead atoms. The fourth-order valence-electron chi connectivity index (χ4n) is 1.87. The molecule has 1 aromatic carbocycles. The summed E-state index contributed by atoms with van der Waals surface area (Å²) in [6.07, 6.45) is 2.50. The van der Waals surface area contributed by atoms with E-state index in [0.29, 0.717) is 0 Å². The lowest BCUT2D eigenvalue weighted by Gasteiger charge is -2.18. The molecule has 0 spiro atoms. The number of nitrogens with zero attached hydrogens (tertiary/aromatic N) is 1. The van der Waals surface area contributed by atoms with Crippen LogP contribution < -0.4 is 0 Å². The Morgan fingerprint density at radius 3 is 3.13 bits per heavy atom. The number of aryl methyl sites for hydroxylation is 1. The minimum Gasteiger partial charge on any atom is -0.381 e. The molecule has 1 aliphatic rings. The second-order valence-corrected chi connectivity index (χ2v) is 5.19. The molecule has 3 heteroatoms. The van der Waals surface area contributed by atoms with E-state index < -0.39 is 0 Å². The standard InChI is InChI=1S/C12H17NOS/c1-13(9-14)8-10-4-5-12-11(7-10)3-2-6-15-12/h4-5,7,14H,2-3,6,8-9H2,1H3. The summed E-state index contributed by atoms with van der Waals surface area (Å²) in [6.45, 7) is 0.945. The lowest BCUT2D eigenvalue weighted by molar-refractivity contribution is 0.127. The maximum Gasteiger partial charge on any atom is 0.0956 e. The van der Waals surface area contributed by atoms with E-state index in [1.165, 1.54) is 34.6 Å². The highest BCUT2D eigenvalue weighted by Gasteiger charge is 2.10. The van der Waals surface area contributed by atoms with Crippen LogP contribution in [0.3, 0.4) is 0 Å². The molecule has 0 saturated heterocycles. The van der Waals surface area contributed by atoms with E-state index in [4.69, 9.17) is 5.11 Å². The topological polar surface area (TPSA) is 23.5 Å². The summed E-state index contributed by atoms with van der Waals surface area (Å²) in [5.74, 6) is 1.25. The van der Waals surface area contributed by atoms with E-state index in [9.17, 15) is 0 Å². The van der Waals surface area contributed by atoms with Gasteiger partial charge < -0.3 is 5.11 Å². The second kappa shape index (κ2) is 5.01. The fourth-order valence-corrected chi connectivity index (χ4v) is 2.89. The van der Waals surface area contributed by atoms with Gasteiger partial charge in [0.05, 0.1) is 6.73 Å². The van der Waals surface area contributed by atoms with Crippen molar-refractivity contribution < 1.29 is 5.11 Å². The first kappa shape index (κ1) is 11.0. The Kier molecular flexibility index (Phi) is 3.67. The van der Waals surface area contributed by atoms with Gasteiger partial charge in [-0.15, -0.1) is 11.8 Å². The predicted octanol–water partition coefficient (Wildman–Crippen LogP) is 2.11. The molecule has 15 heavy (non-hydrogen) atoms. The minimum atomic E-state index is 0.117. The van der Waals surface area contributed by atoms with Gasteiger partial charge in [-0.1, -0.05) is 12.1 Å². The van der Waals surface area contributed by atoms with Crippen molar-refractivity contribution in [3.63, 3.8) is 0 Å². The van der Waals surface area contributed by atoms with Crippen molar-refractivity contribution >= 4 is 11.8 Å². The number of aliphatic hydroxyl groups excluding tert-OH is 1. The number of hydrogen-bond donors (Lipinski definition) is 1. The quantitative estimate of drug-likeness (QED) is 0.794. The maximum absolute atomic E-state index is 8.96. The molecule has 1 aromatic rings. The van der Waals surface area contributed by atoms with E-state index in [1.807, 2.05) is 23.7 Å². The Hall–Kier alpha value is -0.510. The summed E-state index contributed by atoms with van der Waals surface area (Å²) in [5, 5.41) is 8.96. The predicted molar refractivity (Wildman–Crippen MR) is 64.0 cm³/mol. The average molecular weight is 223 g/mol. The van der Waals surface area contributed by atoms with Crippen LogP contribution in [-0.2, 0) is 13.0 Å².